The number of aromatic nitrogens is 2. The predicted molar refractivity (Wildman–Crippen MR) is 96.8 cm³/mol. The molecule has 0 atom stereocenters. The molecule has 0 bridgehead atoms. The van der Waals surface area contributed by atoms with E-state index in [4.69, 9.17) is 14.7 Å². The smallest absolute Gasteiger partial charge is 0.229 e. The lowest BCUT2D eigenvalue weighted by Gasteiger charge is -2.21. The summed E-state index contributed by atoms with van der Waals surface area (Å²) in [6.07, 6.45) is 1.95. The number of benzene rings is 2. The van der Waals surface area contributed by atoms with Crippen molar-refractivity contribution in [2.45, 2.75) is 20.8 Å². The number of rotatable bonds is 0. The molecule has 0 radical (unpaired) electrons. The lowest BCUT2D eigenvalue weighted by atomic mass is 9.95. The van der Waals surface area contributed by atoms with Gasteiger partial charge in [0.05, 0.1) is 22.2 Å². The first-order chi connectivity index (χ1) is 11.6. The number of pyridine rings is 2. The maximum atomic E-state index is 6.16. The fraction of sp³-hybridized carbons (Fsp3) is 0.143. The number of hydrogen-bond donors (Lipinski definition) is 0. The highest BCUT2D eigenvalue weighted by Gasteiger charge is 2.24. The van der Waals surface area contributed by atoms with Crippen molar-refractivity contribution in [3.8, 4) is 22.9 Å². The number of hydrogen-bond acceptors (Lipinski definition) is 3. The summed E-state index contributed by atoms with van der Waals surface area (Å²) >= 11 is 0. The molecule has 116 valence electrons. The van der Waals surface area contributed by atoms with Crippen molar-refractivity contribution in [1.29, 1.82) is 0 Å². The molecule has 1 aliphatic heterocycles. The molecular formula is C21H16N2O. The van der Waals surface area contributed by atoms with Crippen LogP contribution in [0.25, 0.3) is 32.9 Å². The third-order valence-corrected chi connectivity index (χ3v) is 4.79. The quantitative estimate of drug-likeness (QED) is 0.380. The summed E-state index contributed by atoms with van der Waals surface area (Å²) in [5, 5.41) is 3.43. The van der Waals surface area contributed by atoms with Gasteiger partial charge in [0.1, 0.15) is 5.75 Å². The van der Waals surface area contributed by atoms with Crippen molar-refractivity contribution in [3.05, 3.63) is 59.3 Å². The molecule has 24 heavy (non-hydrogen) atoms. The van der Waals surface area contributed by atoms with Gasteiger partial charge in [0.2, 0.25) is 5.88 Å². The molecule has 0 N–H and O–H groups in total. The molecule has 0 amide bonds. The molecule has 3 nitrogen and oxygen atoms in total. The van der Waals surface area contributed by atoms with E-state index in [9.17, 15) is 0 Å². The highest BCUT2D eigenvalue weighted by molar-refractivity contribution is 6.05. The van der Waals surface area contributed by atoms with Gasteiger partial charge in [0.25, 0.3) is 0 Å². The van der Waals surface area contributed by atoms with E-state index in [2.05, 4.69) is 51.1 Å². The van der Waals surface area contributed by atoms with E-state index in [0.717, 1.165) is 33.3 Å². The highest BCUT2D eigenvalue weighted by Crippen LogP contribution is 2.46. The van der Waals surface area contributed by atoms with Crippen LogP contribution in [0.15, 0.2) is 42.6 Å². The van der Waals surface area contributed by atoms with E-state index >= 15 is 0 Å². The van der Waals surface area contributed by atoms with E-state index in [0.29, 0.717) is 5.88 Å². The zero-order chi connectivity index (χ0) is 16.4. The van der Waals surface area contributed by atoms with Gasteiger partial charge in [-0.25, -0.2) is 4.98 Å². The maximum Gasteiger partial charge on any atom is 0.229 e. The number of aryl methyl sites for hydroxylation is 3. The zero-order valence-electron chi connectivity index (χ0n) is 13.8. The Labute approximate surface area is 139 Å². The van der Waals surface area contributed by atoms with Crippen molar-refractivity contribution < 1.29 is 4.74 Å². The number of fused-ring (bicyclic) bond motifs is 3. The van der Waals surface area contributed by atoms with Gasteiger partial charge >= 0.3 is 0 Å². The summed E-state index contributed by atoms with van der Waals surface area (Å²) in [6.45, 7) is 6.30. The van der Waals surface area contributed by atoms with Crippen LogP contribution in [-0.2, 0) is 0 Å². The second-order valence-electron chi connectivity index (χ2n) is 6.56. The van der Waals surface area contributed by atoms with Gasteiger partial charge in [-0.3, -0.25) is 4.98 Å². The topological polar surface area (TPSA) is 35.0 Å². The molecule has 0 saturated heterocycles. The molecule has 2 aromatic heterocycles. The van der Waals surface area contributed by atoms with Gasteiger partial charge in [-0.2, -0.15) is 0 Å². The Morgan fingerprint density at radius 2 is 1.75 bits per heavy atom. The third-order valence-electron chi connectivity index (χ3n) is 4.79. The van der Waals surface area contributed by atoms with Gasteiger partial charge < -0.3 is 4.74 Å². The van der Waals surface area contributed by atoms with Crippen LogP contribution >= 0.6 is 0 Å². The Balaban J connectivity index is 1.92. The Hall–Kier alpha value is -2.94. The van der Waals surface area contributed by atoms with Crippen molar-refractivity contribution in [3.63, 3.8) is 0 Å². The molecule has 4 aromatic rings. The van der Waals surface area contributed by atoms with Gasteiger partial charge in [-0.05, 0) is 61.0 Å². The summed E-state index contributed by atoms with van der Waals surface area (Å²) in [6, 6.07) is 12.6. The Kier molecular flexibility index (Phi) is 2.55. The van der Waals surface area contributed by atoms with E-state index < -0.39 is 0 Å². The molecule has 1 aliphatic rings. The first-order valence-electron chi connectivity index (χ1n) is 8.10. The van der Waals surface area contributed by atoms with Gasteiger partial charge in [-0.1, -0.05) is 18.2 Å². The number of ether oxygens (including phenoxy) is 1. The van der Waals surface area contributed by atoms with Gasteiger partial charge in [0, 0.05) is 11.6 Å². The molecule has 0 aliphatic carbocycles. The summed E-state index contributed by atoms with van der Waals surface area (Å²) in [7, 11) is 0. The molecular weight excluding hydrogens is 296 g/mol. The first kappa shape index (κ1) is 13.5. The van der Waals surface area contributed by atoms with Crippen molar-refractivity contribution in [2.24, 2.45) is 0 Å². The molecule has 5 rings (SSSR count). The Bertz CT molecular complexity index is 1150. The van der Waals surface area contributed by atoms with Crippen molar-refractivity contribution >= 4 is 21.7 Å². The molecule has 3 heterocycles. The summed E-state index contributed by atoms with van der Waals surface area (Å²) in [4.78, 5) is 9.47. The third kappa shape index (κ3) is 1.72. The standard InChI is InChI=1S/C21H16N2O/c1-11-4-6-14-9-15-20-19-17(24-21(15)23-16(14)8-11)7-5-12(2)18(19)13(3)10-22-20/h4-10H,1-3H3. The normalized spacial score (nSPS) is 12.3. The van der Waals surface area contributed by atoms with E-state index in [1.54, 1.807) is 0 Å². The van der Waals surface area contributed by atoms with Crippen LogP contribution in [0, 0.1) is 20.8 Å². The Morgan fingerprint density at radius 3 is 2.62 bits per heavy atom. The molecule has 0 spiro atoms. The molecule has 0 saturated carbocycles. The minimum absolute atomic E-state index is 0.641. The van der Waals surface area contributed by atoms with Crippen LogP contribution in [0.2, 0.25) is 0 Å². The SMILES string of the molecule is Cc1ccc2cc3c(nc2c1)Oc1ccc(C)c2c(C)cnc-3c12. The van der Waals surface area contributed by atoms with Crippen LogP contribution < -0.4 is 4.74 Å². The second-order valence-corrected chi connectivity index (χ2v) is 6.56. The lowest BCUT2D eigenvalue weighted by molar-refractivity contribution is 0.468. The highest BCUT2D eigenvalue weighted by atomic mass is 16.5. The fourth-order valence-corrected chi connectivity index (χ4v) is 3.62. The summed E-state index contributed by atoms with van der Waals surface area (Å²) in [5.41, 5.74) is 6.49. The monoisotopic (exact) mass is 312 g/mol. The molecule has 0 unspecified atom stereocenters. The molecule has 2 aromatic carbocycles. The van der Waals surface area contributed by atoms with Crippen molar-refractivity contribution in [1.82, 2.24) is 9.97 Å². The largest absolute Gasteiger partial charge is 0.438 e. The van der Waals surface area contributed by atoms with Crippen LogP contribution in [0.3, 0.4) is 0 Å². The zero-order valence-corrected chi connectivity index (χ0v) is 13.8. The second kappa shape index (κ2) is 4.54. The Morgan fingerprint density at radius 1 is 0.875 bits per heavy atom. The first-order valence-corrected chi connectivity index (χ1v) is 8.10. The summed E-state index contributed by atoms with van der Waals surface area (Å²) < 4.78 is 6.16. The van der Waals surface area contributed by atoms with Crippen LogP contribution in [0.5, 0.6) is 11.6 Å². The minimum atomic E-state index is 0.641. The average Bonchev–Trinajstić information content (AvgIpc) is 2.57. The lowest BCUT2D eigenvalue weighted by Crippen LogP contribution is -2.03. The predicted octanol–water partition coefficient (Wildman–Crippen LogP) is 5.48. The fourth-order valence-electron chi connectivity index (χ4n) is 3.62. The van der Waals surface area contributed by atoms with Crippen LogP contribution in [-0.4, -0.2) is 9.97 Å². The van der Waals surface area contributed by atoms with Crippen LogP contribution in [0.4, 0.5) is 0 Å². The van der Waals surface area contributed by atoms with Crippen LogP contribution in [0.1, 0.15) is 16.7 Å². The van der Waals surface area contributed by atoms with E-state index in [1.165, 1.54) is 22.1 Å². The van der Waals surface area contributed by atoms with Gasteiger partial charge in [0.15, 0.2) is 0 Å². The summed E-state index contributed by atoms with van der Waals surface area (Å²) in [5.74, 6) is 1.48. The molecule has 3 heteroatoms. The maximum absolute atomic E-state index is 6.16. The van der Waals surface area contributed by atoms with Crippen molar-refractivity contribution in [2.75, 3.05) is 0 Å². The number of nitrogens with zero attached hydrogens (tertiary/aromatic N) is 2. The minimum Gasteiger partial charge on any atom is -0.438 e. The molecule has 0 fully saturated rings. The van der Waals surface area contributed by atoms with Gasteiger partial charge in [-0.15, -0.1) is 0 Å². The van der Waals surface area contributed by atoms with E-state index in [1.807, 2.05) is 12.3 Å². The van der Waals surface area contributed by atoms with E-state index in [-0.39, 0.29) is 0 Å². The average molecular weight is 312 g/mol.